The highest BCUT2D eigenvalue weighted by Gasteiger charge is 2.35. The molecule has 2 amide bonds. The number of rotatable bonds is 5. The molecule has 1 aliphatic rings. The number of ether oxygens (including phenoxy) is 1. The molecular weight excluding hydrogens is 335 g/mol. The summed E-state index contributed by atoms with van der Waals surface area (Å²) in [5.41, 5.74) is 1.56. The number of amides is 2. The van der Waals surface area contributed by atoms with Crippen molar-refractivity contribution in [1.29, 1.82) is 0 Å². The number of benzene rings is 2. The van der Waals surface area contributed by atoms with E-state index in [0.29, 0.717) is 12.3 Å². The third-order valence-corrected chi connectivity index (χ3v) is 4.61. The Hall–Kier alpha value is -2.89. The van der Waals surface area contributed by atoms with Gasteiger partial charge in [0.05, 0.1) is 19.1 Å². The number of nitrogens with one attached hydrogen (secondary N) is 1. The van der Waals surface area contributed by atoms with Gasteiger partial charge in [0.15, 0.2) is 0 Å². The van der Waals surface area contributed by atoms with Crippen LogP contribution >= 0.6 is 0 Å². The first kappa shape index (κ1) is 17.9. The molecule has 0 radical (unpaired) electrons. The van der Waals surface area contributed by atoms with Crippen LogP contribution in [0.4, 0.5) is 10.1 Å². The highest BCUT2D eigenvalue weighted by molar-refractivity contribution is 6.00. The maximum atomic E-state index is 13.0. The molecule has 2 aromatic rings. The molecule has 2 atom stereocenters. The summed E-state index contributed by atoms with van der Waals surface area (Å²) in [5, 5.41) is 2.91. The maximum absolute atomic E-state index is 13.0. The number of carbonyl (C=O) groups is 2. The molecule has 0 unspecified atom stereocenters. The van der Waals surface area contributed by atoms with Crippen LogP contribution in [0.3, 0.4) is 0 Å². The van der Waals surface area contributed by atoms with E-state index in [1.807, 2.05) is 6.92 Å². The third-order valence-electron chi connectivity index (χ3n) is 4.61. The van der Waals surface area contributed by atoms with Crippen LogP contribution in [0.2, 0.25) is 0 Å². The minimum Gasteiger partial charge on any atom is -0.497 e. The van der Waals surface area contributed by atoms with E-state index in [0.717, 1.165) is 11.3 Å². The first-order valence-electron chi connectivity index (χ1n) is 8.48. The number of methoxy groups -OCH3 is 1. The summed E-state index contributed by atoms with van der Waals surface area (Å²) >= 11 is 0. The van der Waals surface area contributed by atoms with Gasteiger partial charge in [-0.25, -0.2) is 4.39 Å². The van der Waals surface area contributed by atoms with E-state index < -0.39 is 5.92 Å². The van der Waals surface area contributed by atoms with Crippen molar-refractivity contribution < 1.29 is 18.7 Å². The second kappa shape index (κ2) is 7.56. The summed E-state index contributed by atoms with van der Waals surface area (Å²) in [6.45, 7) is 2.18. The van der Waals surface area contributed by atoms with E-state index in [2.05, 4.69) is 5.32 Å². The van der Waals surface area contributed by atoms with Gasteiger partial charge < -0.3 is 15.0 Å². The SMILES string of the molecule is COc1ccc(N2C[C@@H](C(=O)N[C@H](C)c3ccc(F)cc3)CC2=O)cc1. The number of hydrogen-bond donors (Lipinski definition) is 1. The second-order valence-electron chi connectivity index (χ2n) is 6.39. The summed E-state index contributed by atoms with van der Waals surface area (Å²) < 4.78 is 18.1. The van der Waals surface area contributed by atoms with Crippen LogP contribution in [-0.4, -0.2) is 25.5 Å². The fraction of sp³-hybridized carbons (Fsp3) is 0.300. The molecule has 0 bridgehead atoms. The molecule has 1 aliphatic heterocycles. The van der Waals surface area contributed by atoms with Crippen LogP contribution in [0.5, 0.6) is 5.75 Å². The van der Waals surface area contributed by atoms with E-state index in [1.54, 1.807) is 48.4 Å². The predicted octanol–water partition coefficient (Wildman–Crippen LogP) is 3.06. The van der Waals surface area contributed by atoms with Crippen LogP contribution in [0, 0.1) is 11.7 Å². The Kier molecular flexibility index (Phi) is 5.21. The Morgan fingerprint density at radius 3 is 2.46 bits per heavy atom. The minimum atomic E-state index is -0.410. The van der Waals surface area contributed by atoms with Crippen molar-refractivity contribution in [2.75, 3.05) is 18.6 Å². The van der Waals surface area contributed by atoms with Crippen molar-refractivity contribution in [2.45, 2.75) is 19.4 Å². The van der Waals surface area contributed by atoms with Gasteiger partial charge in [-0.3, -0.25) is 9.59 Å². The minimum absolute atomic E-state index is 0.0789. The molecule has 26 heavy (non-hydrogen) atoms. The quantitative estimate of drug-likeness (QED) is 0.896. The Bertz CT molecular complexity index is 790. The van der Waals surface area contributed by atoms with E-state index in [1.165, 1.54) is 12.1 Å². The lowest BCUT2D eigenvalue weighted by Crippen LogP contribution is -2.34. The van der Waals surface area contributed by atoms with Crippen LogP contribution in [-0.2, 0) is 9.59 Å². The summed E-state index contributed by atoms with van der Waals surface area (Å²) in [6.07, 6.45) is 0.175. The van der Waals surface area contributed by atoms with Crippen molar-refractivity contribution >= 4 is 17.5 Å². The average Bonchev–Trinajstić information content (AvgIpc) is 3.04. The molecule has 0 aromatic heterocycles. The van der Waals surface area contributed by atoms with Crippen LogP contribution < -0.4 is 15.0 Å². The molecule has 2 aromatic carbocycles. The first-order chi connectivity index (χ1) is 12.5. The number of hydrogen-bond acceptors (Lipinski definition) is 3. The third kappa shape index (κ3) is 3.85. The molecule has 1 N–H and O–H groups in total. The lowest BCUT2D eigenvalue weighted by Gasteiger charge is -2.19. The molecule has 5 nitrogen and oxygen atoms in total. The highest BCUT2D eigenvalue weighted by atomic mass is 19.1. The number of anilines is 1. The smallest absolute Gasteiger partial charge is 0.227 e. The summed E-state index contributed by atoms with van der Waals surface area (Å²) in [6, 6.07) is 12.9. The molecule has 0 spiro atoms. The average molecular weight is 356 g/mol. The monoisotopic (exact) mass is 356 g/mol. The zero-order valence-electron chi connectivity index (χ0n) is 14.7. The maximum Gasteiger partial charge on any atom is 0.227 e. The van der Waals surface area contributed by atoms with Crippen LogP contribution in [0.1, 0.15) is 24.9 Å². The molecule has 3 rings (SSSR count). The standard InChI is InChI=1S/C20H21FN2O3/c1-13(14-3-5-16(21)6-4-14)22-20(25)15-11-19(24)23(12-15)17-7-9-18(26-2)10-8-17/h3-10,13,15H,11-12H2,1-2H3,(H,22,25)/t13-,15+/m1/s1. The van der Waals surface area contributed by atoms with Gasteiger partial charge in [0.2, 0.25) is 11.8 Å². The van der Waals surface area contributed by atoms with Gasteiger partial charge in [-0.15, -0.1) is 0 Å². The topological polar surface area (TPSA) is 58.6 Å². The van der Waals surface area contributed by atoms with Gasteiger partial charge in [-0.2, -0.15) is 0 Å². The summed E-state index contributed by atoms with van der Waals surface area (Å²) in [4.78, 5) is 26.5. The lowest BCUT2D eigenvalue weighted by molar-refractivity contribution is -0.126. The molecular formula is C20H21FN2O3. The van der Waals surface area contributed by atoms with Gasteiger partial charge in [0.25, 0.3) is 0 Å². The number of halogens is 1. The van der Waals surface area contributed by atoms with Crippen LogP contribution in [0.15, 0.2) is 48.5 Å². The van der Waals surface area contributed by atoms with Crippen molar-refractivity contribution in [3.63, 3.8) is 0 Å². The van der Waals surface area contributed by atoms with Gasteiger partial charge >= 0.3 is 0 Å². The molecule has 1 heterocycles. The summed E-state index contributed by atoms with van der Waals surface area (Å²) in [5.74, 6) is -0.268. The predicted molar refractivity (Wildman–Crippen MR) is 96.4 cm³/mol. The fourth-order valence-electron chi connectivity index (χ4n) is 3.06. The zero-order valence-corrected chi connectivity index (χ0v) is 14.7. The van der Waals surface area contributed by atoms with Gasteiger partial charge in [0, 0.05) is 18.7 Å². The van der Waals surface area contributed by atoms with Crippen molar-refractivity contribution in [2.24, 2.45) is 5.92 Å². The van der Waals surface area contributed by atoms with E-state index >= 15 is 0 Å². The molecule has 1 fully saturated rings. The Labute approximate surface area is 151 Å². The Morgan fingerprint density at radius 2 is 1.85 bits per heavy atom. The van der Waals surface area contributed by atoms with E-state index in [4.69, 9.17) is 4.74 Å². The largest absolute Gasteiger partial charge is 0.497 e. The fourth-order valence-corrected chi connectivity index (χ4v) is 3.06. The number of nitrogens with zero attached hydrogens (tertiary/aromatic N) is 1. The van der Waals surface area contributed by atoms with Crippen molar-refractivity contribution in [3.05, 3.63) is 59.9 Å². The van der Waals surface area contributed by atoms with Gasteiger partial charge in [0.1, 0.15) is 11.6 Å². The normalized spacial score (nSPS) is 17.9. The molecule has 136 valence electrons. The first-order valence-corrected chi connectivity index (χ1v) is 8.48. The summed E-state index contributed by atoms with van der Waals surface area (Å²) in [7, 11) is 1.58. The molecule has 0 aliphatic carbocycles. The number of carbonyl (C=O) groups excluding carboxylic acids is 2. The van der Waals surface area contributed by atoms with Crippen molar-refractivity contribution in [3.8, 4) is 5.75 Å². The second-order valence-corrected chi connectivity index (χ2v) is 6.39. The highest BCUT2D eigenvalue weighted by Crippen LogP contribution is 2.27. The van der Waals surface area contributed by atoms with Crippen LogP contribution in [0.25, 0.3) is 0 Å². The Balaban J connectivity index is 1.63. The van der Waals surface area contributed by atoms with E-state index in [-0.39, 0.29) is 30.1 Å². The molecule has 6 heteroatoms. The van der Waals surface area contributed by atoms with Gasteiger partial charge in [-0.1, -0.05) is 12.1 Å². The van der Waals surface area contributed by atoms with E-state index in [9.17, 15) is 14.0 Å². The van der Waals surface area contributed by atoms with Crippen molar-refractivity contribution in [1.82, 2.24) is 5.32 Å². The molecule has 1 saturated heterocycles. The Morgan fingerprint density at radius 1 is 1.19 bits per heavy atom. The zero-order chi connectivity index (χ0) is 18.7. The van der Waals surface area contributed by atoms with Gasteiger partial charge in [-0.05, 0) is 48.9 Å². The lowest BCUT2D eigenvalue weighted by atomic mass is 10.0. The molecule has 0 saturated carbocycles.